The summed E-state index contributed by atoms with van der Waals surface area (Å²) in [5, 5.41) is 2.16. The number of nitrogens with zero attached hydrogens (tertiary/aromatic N) is 3. The smallest absolute Gasteiger partial charge is 0.223 e. The molecule has 2 heterocycles. The fourth-order valence-corrected chi connectivity index (χ4v) is 4.60. The summed E-state index contributed by atoms with van der Waals surface area (Å²) in [5.41, 5.74) is 5.73. The first kappa shape index (κ1) is 21.3. The fraction of sp³-hybridized carbons (Fsp3) is 0.308. The molecule has 2 aromatic carbocycles. The van der Waals surface area contributed by atoms with Crippen LogP contribution in [0.2, 0.25) is 0 Å². The fourth-order valence-electron chi connectivity index (χ4n) is 3.70. The Balaban J connectivity index is 1.52. The molecule has 0 atom stereocenters. The Morgan fingerprint density at radius 2 is 1.84 bits per heavy atom. The minimum Gasteiger partial charge on any atom is -0.338 e. The van der Waals surface area contributed by atoms with Gasteiger partial charge in [0, 0.05) is 48.8 Å². The summed E-state index contributed by atoms with van der Waals surface area (Å²) in [6, 6.07) is 18.7. The van der Waals surface area contributed by atoms with Crippen molar-refractivity contribution in [3.63, 3.8) is 0 Å². The first-order valence-corrected chi connectivity index (χ1v) is 11.7. The van der Waals surface area contributed by atoms with Gasteiger partial charge in [-0.05, 0) is 18.4 Å². The van der Waals surface area contributed by atoms with Crippen LogP contribution in [-0.2, 0) is 17.8 Å². The van der Waals surface area contributed by atoms with Crippen LogP contribution in [0.1, 0.15) is 37.1 Å². The normalized spacial score (nSPS) is 11.4. The lowest BCUT2D eigenvalue weighted by molar-refractivity contribution is -0.132. The van der Waals surface area contributed by atoms with E-state index in [-0.39, 0.29) is 5.91 Å². The van der Waals surface area contributed by atoms with Crippen molar-refractivity contribution in [2.75, 3.05) is 6.54 Å². The van der Waals surface area contributed by atoms with Gasteiger partial charge >= 0.3 is 0 Å². The van der Waals surface area contributed by atoms with Crippen molar-refractivity contribution >= 4 is 22.2 Å². The summed E-state index contributed by atoms with van der Waals surface area (Å²) >= 11 is 1.66. The molecule has 0 aliphatic rings. The van der Waals surface area contributed by atoms with Gasteiger partial charge in [-0.25, -0.2) is 4.98 Å². The van der Waals surface area contributed by atoms with Gasteiger partial charge in [0.2, 0.25) is 5.91 Å². The Kier molecular flexibility index (Phi) is 6.52. The highest BCUT2D eigenvalue weighted by molar-refractivity contribution is 7.15. The zero-order chi connectivity index (χ0) is 21.8. The summed E-state index contributed by atoms with van der Waals surface area (Å²) in [4.78, 5) is 20.7. The van der Waals surface area contributed by atoms with E-state index in [1.54, 1.807) is 11.3 Å². The lowest BCUT2D eigenvalue weighted by Gasteiger charge is -2.24. The van der Waals surface area contributed by atoms with Gasteiger partial charge in [0.25, 0.3) is 0 Å². The standard InChI is InChI=1S/C26H29N3OS/c1-19(2)15-25(30)28(16-21-7-5-4-6-8-21)14-13-23-18-31-26-27-24(17-29(23)26)22-11-9-20(3)10-12-22/h4-12,17-19H,13-16H2,1-3H3. The third kappa shape index (κ3) is 5.23. The van der Waals surface area contributed by atoms with E-state index in [0.29, 0.717) is 25.4 Å². The molecule has 0 radical (unpaired) electrons. The van der Waals surface area contributed by atoms with Crippen LogP contribution in [0, 0.1) is 12.8 Å². The SMILES string of the molecule is Cc1ccc(-c2cn3c(CCN(Cc4ccccc4)C(=O)CC(C)C)csc3n2)cc1. The molecule has 5 heteroatoms. The van der Waals surface area contributed by atoms with Crippen molar-refractivity contribution in [2.45, 2.75) is 40.2 Å². The maximum Gasteiger partial charge on any atom is 0.223 e. The van der Waals surface area contributed by atoms with Crippen LogP contribution in [0.4, 0.5) is 0 Å². The Morgan fingerprint density at radius 1 is 1.10 bits per heavy atom. The van der Waals surface area contributed by atoms with Crippen molar-refractivity contribution < 1.29 is 4.79 Å². The molecule has 0 unspecified atom stereocenters. The first-order chi connectivity index (χ1) is 15.0. The van der Waals surface area contributed by atoms with Gasteiger partial charge in [-0.3, -0.25) is 9.20 Å². The number of carbonyl (C=O) groups is 1. The van der Waals surface area contributed by atoms with E-state index in [9.17, 15) is 4.79 Å². The first-order valence-electron chi connectivity index (χ1n) is 10.8. The zero-order valence-corrected chi connectivity index (χ0v) is 19.2. The minimum atomic E-state index is 0.219. The Hall–Kier alpha value is -2.92. The number of aromatic nitrogens is 2. The largest absolute Gasteiger partial charge is 0.338 e. The van der Waals surface area contributed by atoms with Crippen molar-refractivity contribution in [1.29, 1.82) is 0 Å². The number of thiazole rings is 1. The maximum absolute atomic E-state index is 12.9. The second-order valence-corrected chi connectivity index (χ2v) is 9.36. The predicted octanol–water partition coefficient (Wildman–Crippen LogP) is 5.99. The molecule has 160 valence electrons. The van der Waals surface area contributed by atoms with Crippen LogP contribution in [0.15, 0.2) is 66.2 Å². The quantitative estimate of drug-likeness (QED) is 0.344. The molecule has 31 heavy (non-hydrogen) atoms. The number of benzene rings is 2. The molecule has 4 nitrogen and oxygen atoms in total. The van der Waals surface area contributed by atoms with Crippen LogP contribution in [0.25, 0.3) is 16.2 Å². The topological polar surface area (TPSA) is 37.6 Å². The summed E-state index contributed by atoms with van der Waals surface area (Å²) in [6.07, 6.45) is 3.50. The summed E-state index contributed by atoms with van der Waals surface area (Å²) in [6.45, 7) is 7.64. The van der Waals surface area contributed by atoms with Gasteiger partial charge in [-0.15, -0.1) is 11.3 Å². The summed E-state index contributed by atoms with van der Waals surface area (Å²) < 4.78 is 2.17. The molecular formula is C26H29N3OS. The molecule has 4 rings (SSSR count). The van der Waals surface area contributed by atoms with Gasteiger partial charge in [0.05, 0.1) is 5.69 Å². The van der Waals surface area contributed by atoms with E-state index in [1.165, 1.54) is 16.8 Å². The van der Waals surface area contributed by atoms with E-state index in [2.05, 4.69) is 73.1 Å². The maximum atomic E-state index is 12.9. The van der Waals surface area contributed by atoms with E-state index in [4.69, 9.17) is 4.98 Å². The minimum absolute atomic E-state index is 0.219. The van der Waals surface area contributed by atoms with Gasteiger partial charge in [-0.2, -0.15) is 0 Å². The van der Waals surface area contributed by atoms with Crippen LogP contribution in [0.3, 0.4) is 0 Å². The number of imidazole rings is 1. The molecule has 0 saturated heterocycles. The number of hydrogen-bond acceptors (Lipinski definition) is 3. The molecule has 0 fully saturated rings. The van der Waals surface area contributed by atoms with Crippen molar-refractivity contribution in [3.05, 3.63) is 83.0 Å². The number of carbonyl (C=O) groups excluding carboxylic acids is 1. The third-order valence-corrected chi connectivity index (χ3v) is 6.31. The molecule has 1 amide bonds. The molecule has 0 spiro atoms. The van der Waals surface area contributed by atoms with Crippen molar-refractivity contribution in [2.24, 2.45) is 5.92 Å². The van der Waals surface area contributed by atoms with Crippen LogP contribution in [-0.4, -0.2) is 26.7 Å². The Bertz CT molecular complexity index is 1140. The number of aryl methyl sites for hydroxylation is 1. The lowest BCUT2D eigenvalue weighted by Crippen LogP contribution is -2.33. The van der Waals surface area contributed by atoms with Gasteiger partial charge in [-0.1, -0.05) is 74.0 Å². The predicted molar refractivity (Wildman–Crippen MR) is 128 cm³/mol. The van der Waals surface area contributed by atoms with E-state index < -0.39 is 0 Å². The number of hydrogen-bond donors (Lipinski definition) is 0. The number of fused-ring (bicyclic) bond motifs is 1. The van der Waals surface area contributed by atoms with Crippen LogP contribution >= 0.6 is 11.3 Å². The third-order valence-electron chi connectivity index (χ3n) is 5.42. The average Bonchev–Trinajstić information content (AvgIpc) is 3.33. The number of rotatable bonds is 8. The molecule has 0 bridgehead atoms. The Labute approximate surface area is 188 Å². The highest BCUT2D eigenvalue weighted by Gasteiger charge is 2.17. The van der Waals surface area contributed by atoms with Gasteiger partial charge < -0.3 is 4.90 Å². The van der Waals surface area contributed by atoms with Gasteiger partial charge in [0.1, 0.15) is 0 Å². The second-order valence-electron chi connectivity index (χ2n) is 8.52. The van der Waals surface area contributed by atoms with Crippen molar-refractivity contribution in [3.8, 4) is 11.3 Å². The number of amides is 1. The van der Waals surface area contributed by atoms with Gasteiger partial charge in [0.15, 0.2) is 4.96 Å². The molecule has 0 aliphatic carbocycles. The second kappa shape index (κ2) is 9.48. The highest BCUT2D eigenvalue weighted by atomic mass is 32.1. The summed E-state index contributed by atoms with van der Waals surface area (Å²) in [7, 11) is 0. The van der Waals surface area contributed by atoms with E-state index >= 15 is 0 Å². The van der Waals surface area contributed by atoms with Crippen molar-refractivity contribution in [1.82, 2.24) is 14.3 Å². The monoisotopic (exact) mass is 431 g/mol. The molecule has 2 aromatic heterocycles. The zero-order valence-electron chi connectivity index (χ0n) is 18.4. The molecule has 0 aliphatic heterocycles. The molecule has 0 saturated carbocycles. The van der Waals surface area contributed by atoms with Crippen LogP contribution < -0.4 is 0 Å². The highest BCUT2D eigenvalue weighted by Crippen LogP contribution is 2.24. The van der Waals surface area contributed by atoms with E-state index in [0.717, 1.165) is 22.6 Å². The molecule has 0 N–H and O–H groups in total. The van der Waals surface area contributed by atoms with E-state index in [1.807, 2.05) is 23.1 Å². The molecular weight excluding hydrogens is 402 g/mol. The Morgan fingerprint density at radius 3 is 2.55 bits per heavy atom. The lowest BCUT2D eigenvalue weighted by atomic mass is 10.1. The molecule has 4 aromatic rings. The average molecular weight is 432 g/mol. The van der Waals surface area contributed by atoms with Crippen LogP contribution in [0.5, 0.6) is 0 Å². The summed E-state index contributed by atoms with van der Waals surface area (Å²) in [5.74, 6) is 0.570.